The van der Waals surface area contributed by atoms with Crippen LogP contribution in [0.2, 0.25) is 10.0 Å². The topological polar surface area (TPSA) is 55.4 Å². The van der Waals surface area contributed by atoms with Gasteiger partial charge in [-0.25, -0.2) is 4.79 Å². The highest BCUT2D eigenvalue weighted by atomic mass is 35.5. The number of nitrogens with one attached hydrogen (secondary N) is 1. The highest BCUT2D eigenvalue weighted by molar-refractivity contribution is 7.14. The Kier molecular flexibility index (Phi) is 6.27. The van der Waals surface area contributed by atoms with Crippen molar-refractivity contribution in [3.05, 3.63) is 49.1 Å². The van der Waals surface area contributed by atoms with Gasteiger partial charge in [-0.15, -0.1) is 11.3 Å². The number of rotatable bonds is 5. The molecule has 0 saturated carbocycles. The summed E-state index contributed by atoms with van der Waals surface area (Å²) in [6.07, 6.45) is 0.848. The number of benzene rings is 1. The number of thiophene rings is 1. The SMILES string of the molecule is CCc1cc(C(=O)OCC(=O)Nc2c(Cl)ccc(C)c2Cl)sc1C. The minimum atomic E-state index is -0.514. The molecule has 128 valence electrons. The second-order valence-electron chi connectivity index (χ2n) is 5.22. The zero-order valence-electron chi connectivity index (χ0n) is 13.5. The molecule has 0 bridgehead atoms. The average Bonchev–Trinajstić information content (AvgIpc) is 2.94. The van der Waals surface area contributed by atoms with Crippen LogP contribution in [0.25, 0.3) is 0 Å². The summed E-state index contributed by atoms with van der Waals surface area (Å²) in [5, 5.41) is 3.27. The monoisotopic (exact) mass is 385 g/mol. The summed E-state index contributed by atoms with van der Waals surface area (Å²) >= 11 is 13.5. The van der Waals surface area contributed by atoms with Gasteiger partial charge in [0.25, 0.3) is 5.91 Å². The van der Waals surface area contributed by atoms with Crippen LogP contribution in [-0.2, 0) is 16.0 Å². The molecule has 0 radical (unpaired) electrons. The molecule has 4 nitrogen and oxygen atoms in total. The van der Waals surface area contributed by atoms with Gasteiger partial charge in [-0.2, -0.15) is 0 Å². The summed E-state index contributed by atoms with van der Waals surface area (Å²) in [7, 11) is 0. The molecule has 0 aliphatic rings. The van der Waals surface area contributed by atoms with Crippen molar-refractivity contribution in [2.24, 2.45) is 0 Å². The lowest BCUT2D eigenvalue weighted by molar-refractivity contribution is -0.119. The van der Waals surface area contributed by atoms with Crippen LogP contribution in [0.3, 0.4) is 0 Å². The third kappa shape index (κ3) is 4.29. The van der Waals surface area contributed by atoms with Crippen molar-refractivity contribution in [2.75, 3.05) is 11.9 Å². The number of amides is 1. The Labute approximate surface area is 154 Å². The fourth-order valence-corrected chi connectivity index (χ4v) is 3.59. The summed E-state index contributed by atoms with van der Waals surface area (Å²) in [6.45, 7) is 5.37. The number of esters is 1. The molecule has 0 spiro atoms. The highest BCUT2D eigenvalue weighted by Crippen LogP contribution is 2.32. The largest absolute Gasteiger partial charge is 0.451 e. The first-order chi connectivity index (χ1) is 11.3. The van der Waals surface area contributed by atoms with Crippen LogP contribution in [0.5, 0.6) is 0 Å². The molecule has 1 aromatic heterocycles. The van der Waals surface area contributed by atoms with E-state index in [1.807, 2.05) is 13.8 Å². The molecule has 0 aliphatic carbocycles. The Morgan fingerprint density at radius 1 is 1.25 bits per heavy atom. The lowest BCUT2D eigenvalue weighted by atomic mass is 10.2. The number of carbonyl (C=O) groups excluding carboxylic acids is 2. The smallest absolute Gasteiger partial charge is 0.348 e. The van der Waals surface area contributed by atoms with Gasteiger partial charge in [0.05, 0.1) is 15.7 Å². The van der Waals surface area contributed by atoms with Gasteiger partial charge in [-0.3, -0.25) is 4.79 Å². The van der Waals surface area contributed by atoms with Crippen molar-refractivity contribution in [3.63, 3.8) is 0 Å². The molecule has 1 amide bonds. The summed E-state index contributed by atoms with van der Waals surface area (Å²) in [5.41, 5.74) is 2.21. The Hall–Kier alpha value is -1.56. The predicted molar refractivity (Wildman–Crippen MR) is 98.5 cm³/mol. The van der Waals surface area contributed by atoms with E-state index in [-0.39, 0.29) is 0 Å². The molecule has 2 rings (SSSR count). The van der Waals surface area contributed by atoms with Gasteiger partial charge in [0.1, 0.15) is 4.88 Å². The fourth-order valence-electron chi connectivity index (χ4n) is 2.12. The van der Waals surface area contributed by atoms with E-state index < -0.39 is 18.5 Å². The fraction of sp³-hybridized carbons (Fsp3) is 0.294. The normalized spacial score (nSPS) is 10.5. The summed E-state index contributed by atoms with van der Waals surface area (Å²) in [4.78, 5) is 25.6. The summed E-state index contributed by atoms with van der Waals surface area (Å²) in [5.74, 6) is -1.01. The number of hydrogen-bond donors (Lipinski definition) is 1. The number of hydrogen-bond acceptors (Lipinski definition) is 4. The molecule has 7 heteroatoms. The molecule has 1 aromatic carbocycles. The van der Waals surface area contributed by atoms with Crippen molar-refractivity contribution in [3.8, 4) is 0 Å². The minimum absolute atomic E-state index is 0.319. The van der Waals surface area contributed by atoms with Gasteiger partial charge in [0, 0.05) is 4.88 Å². The molecule has 1 N–H and O–H groups in total. The van der Waals surface area contributed by atoms with E-state index in [2.05, 4.69) is 5.32 Å². The Morgan fingerprint density at radius 2 is 1.96 bits per heavy atom. The van der Waals surface area contributed by atoms with Crippen LogP contribution >= 0.6 is 34.5 Å². The van der Waals surface area contributed by atoms with Gasteiger partial charge in [-0.1, -0.05) is 36.2 Å². The Morgan fingerprint density at radius 3 is 2.58 bits per heavy atom. The van der Waals surface area contributed by atoms with Crippen LogP contribution < -0.4 is 5.32 Å². The van der Waals surface area contributed by atoms with Gasteiger partial charge in [-0.05, 0) is 43.5 Å². The minimum Gasteiger partial charge on any atom is -0.451 e. The molecular weight excluding hydrogens is 369 g/mol. The third-order valence-electron chi connectivity index (χ3n) is 3.49. The number of anilines is 1. The van der Waals surface area contributed by atoms with Crippen molar-refractivity contribution in [1.29, 1.82) is 0 Å². The zero-order chi connectivity index (χ0) is 17.9. The second kappa shape index (κ2) is 8.01. The quantitative estimate of drug-likeness (QED) is 0.734. The van der Waals surface area contributed by atoms with Crippen LogP contribution in [0.15, 0.2) is 18.2 Å². The van der Waals surface area contributed by atoms with Crippen molar-refractivity contribution in [1.82, 2.24) is 0 Å². The first-order valence-corrected chi connectivity index (χ1v) is 8.91. The van der Waals surface area contributed by atoms with E-state index in [1.165, 1.54) is 11.3 Å². The Balaban J connectivity index is 1.98. The van der Waals surface area contributed by atoms with E-state index in [1.54, 1.807) is 25.1 Å². The number of halogens is 2. The maximum absolute atomic E-state index is 12.0. The molecule has 0 unspecified atom stereocenters. The number of carbonyl (C=O) groups is 2. The number of ether oxygens (including phenoxy) is 1. The van der Waals surface area contributed by atoms with Gasteiger partial charge >= 0.3 is 5.97 Å². The predicted octanol–water partition coefficient (Wildman–Crippen LogP) is 5.03. The van der Waals surface area contributed by atoms with Crippen molar-refractivity contribution >= 4 is 52.1 Å². The van der Waals surface area contributed by atoms with E-state index in [0.717, 1.165) is 22.4 Å². The summed E-state index contributed by atoms with van der Waals surface area (Å²) < 4.78 is 5.06. The van der Waals surface area contributed by atoms with E-state index in [0.29, 0.717) is 20.6 Å². The molecule has 24 heavy (non-hydrogen) atoms. The molecule has 0 aliphatic heterocycles. The first-order valence-electron chi connectivity index (χ1n) is 7.34. The van der Waals surface area contributed by atoms with Crippen molar-refractivity contribution < 1.29 is 14.3 Å². The highest BCUT2D eigenvalue weighted by Gasteiger charge is 2.16. The van der Waals surface area contributed by atoms with Crippen LogP contribution in [-0.4, -0.2) is 18.5 Å². The van der Waals surface area contributed by atoms with Gasteiger partial charge < -0.3 is 10.1 Å². The van der Waals surface area contributed by atoms with Crippen LogP contribution in [0.1, 0.15) is 32.6 Å². The van der Waals surface area contributed by atoms with Crippen LogP contribution in [0, 0.1) is 13.8 Å². The number of aryl methyl sites for hydroxylation is 3. The second-order valence-corrected chi connectivity index (χ2v) is 7.26. The third-order valence-corrected chi connectivity index (χ3v) is 5.36. The maximum Gasteiger partial charge on any atom is 0.348 e. The molecule has 0 saturated heterocycles. The molecule has 0 atom stereocenters. The summed E-state index contributed by atoms with van der Waals surface area (Å²) in [6, 6.07) is 5.20. The lowest BCUT2D eigenvalue weighted by Gasteiger charge is -2.11. The zero-order valence-corrected chi connectivity index (χ0v) is 15.9. The molecule has 1 heterocycles. The molecular formula is C17H17Cl2NO3S. The van der Waals surface area contributed by atoms with E-state index in [4.69, 9.17) is 27.9 Å². The van der Waals surface area contributed by atoms with Gasteiger partial charge in [0.15, 0.2) is 6.61 Å². The van der Waals surface area contributed by atoms with Crippen LogP contribution in [0.4, 0.5) is 5.69 Å². The maximum atomic E-state index is 12.0. The van der Waals surface area contributed by atoms with E-state index >= 15 is 0 Å². The van der Waals surface area contributed by atoms with Gasteiger partial charge in [0.2, 0.25) is 0 Å². The molecule has 0 fully saturated rings. The Bertz CT molecular complexity index is 786. The average molecular weight is 386 g/mol. The standard InChI is InChI=1S/C17H17Cl2NO3S/c1-4-11-7-13(24-10(11)3)17(22)23-8-14(21)20-16-12(18)6-5-9(2)15(16)19/h5-7H,4,8H2,1-3H3,(H,20,21). The molecule has 2 aromatic rings. The van der Waals surface area contributed by atoms with Crippen molar-refractivity contribution in [2.45, 2.75) is 27.2 Å². The first kappa shape index (κ1) is 18.8. The lowest BCUT2D eigenvalue weighted by Crippen LogP contribution is -2.21. The van der Waals surface area contributed by atoms with E-state index in [9.17, 15) is 9.59 Å².